The van der Waals surface area contributed by atoms with Crippen molar-refractivity contribution < 1.29 is 23.8 Å². The molecule has 0 spiro atoms. The molecule has 0 radical (unpaired) electrons. The Hall–Kier alpha value is -3.22. The highest BCUT2D eigenvalue weighted by Gasteiger charge is 2.23. The van der Waals surface area contributed by atoms with E-state index in [0.717, 1.165) is 24.1 Å². The quantitative estimate of drug-likeness (QED) is 0.605. The fraction of sp³-hybridized carbons (Fsp3) is 0.440. The summed E-state index contributed by atoms with van der Waals surface area (Å²) < 4.78 is 17.1. The number of carbonyl (C=O) groups excluding carboxylic acids is 2. The van der Waals surface area contributed by atoms with Crippen molar-refractivity contribution in [3.8, 4) is 17.2 Å². The Labute approximate surface area is 189 Å². The molecule has 0 bridgehead atoms. The zero-order chi connectivity index (χ0) is 23.1. The predicted molar refractivity (Wildman–Crippen MR) is 125 cm³/mol. The van der Waals surface area contributed by atoms with Crippen molar-refractivity contribution in [3.63, 3.8) is 0 Å². The number of amides is 2. The fourth-order valence-electron chi connectivity index (χ4n) is 3.83. The zero-order valence-electron chi connectivity index (χ0n) is 19.3. The van der Waals surface area contributed by atoms with Crippen molar-refractivity contribution in [1.29, 1.82) is 0 Å². The first-order valence-electron chi connectivity index (χ1n) is 11.3. The van der Waals surface area contributed by atoms with Gasteiger partial charge in [-0.25, -0.2) is 0 Å². The van der Waals surface area contributed by atoms with Crippen molar-refractivity contribution in [2.75, 3.05) is 36.6 Å². The van der Waals surface area contributed by atoms with E-state index in [0.29, 0.717) is 61.3 Å². The topological polar surface area (TPSA) is 77.1 Å². The number of benzene rings is 2. The molecule has 0 unspecified atom stereocenters. The lowest BCUT2D eigenvalue weighted by molar-refractivity contribution is -0.118. The molecule has 2 aromatic carbocycles. The molecule has 0 aliphatic carbocycles. The van der Waals surface area contributed by atoms with Crippen molar-refractivity contribution in [1.82, 2.24) is 0 Å². The van der Waals surface area contributed by atoms with Crippen LogP contribution < -0.4 is 24.4 Å². The largest absolute Gasteiger partial charge is 0.490 e. The lowest BCUT2D eigenvalue weighted by Crippen LogP contribution is -2.35. The van der Waals surface area contributed by atoms with Gasteiger partial charge in [0, 0.05) is 29.9 Å². The highest BCUT2D eigenvalue weighted by atomic mass is 16.5. The normalized spacial score (nSPS) is 12.7. The Balaban J connectivity index is 1.91. The SMILES string of the molecule is CCOc1cc(C(=O)Nc2ccc3c(c2)N(C(=O)CC)CCC3)cc(OCC)c1OCC. The summed E-state index contributed by atoms with van der Waals surface area (Å²) in [5.74, 6) is 1.23. The summed E-state index contributed by atoms with van der Waals surface area (Å²) in [7, 11) is 0. The van der Waals surface area contributed by atoms with Gasteiger partial charge in [0.25, 0.3) is 5.91 Å². The van der Waals surface area contributed by atoms with E-state index in [9.17, 15) is 9.59 Å². The molecule has 172 valence electrons. The van der Waals surface area contributed by atoms with Crippen LogP contribution in [-0.2, 0) is 11.2 Å². The van der Waals surface area contributed by atoms with E-state index in [1.54, 1.807) is 12.1 Å². The van der Waals surface area contributed by atoms with Gasteiger partial charge in [-0.2, -0.15) is 0 Å². The van der Waals surface area contributed by atoms with Gasteiger partial charge in [0.05, 0.1) is 19.8 Å². The van der Waals surface area contributed by atoms with Crippen molar-refractivity contribution in [2.24, 2.45) is 0 Å². The Morgan fingerprint density at radius 2 is 1.59 bits per heavy atom. The monoisotopic (exact) mass is 440 g/mol. The van der Waals surface area contributed by atoms with Gasteiger partial charge in [-0.1, -0.05) is 13.0 Å². The number of nitrogens with zero attached hydrogens (tertiary/aromatic N) is 1. The molecule has 0 aromatic heterocycles. The van der Waals surface area contributed by atoms with Crippen LogP contribution in [0.5, 0.6) is 17.2 Å². The number of anilines is 2. The number of aryl methyl sites for hydroxylation is 1. The lowest BCUT2D eigenvalue weighted by atomic mass is 10.0. The third kappa shape index (κ3) is 5.15. The van der Waals surface area contributed by atoms with Crippen LogP contribution in [0.3, 0.4) is 0 Å². The summed E-state index contributed by atoms with van der Waals surface area (Å²) >= 11 is 0. The number of fused-ring (bicyclic) bond motifs is 1. The minimum atomic E-state index is -0.293. The van der Waals surface area contributed by atoms with Gasteiger partial charge in [-0.05, 0) is 63.4 Å². The molecule has 2 aromatic rings. The first kappa shape index (κ1) is 23.4. The summed E-state index contributed by atoms with van der Waals surface area (Å²) in [5, 5.41) is 2.95. The molecule has 1 aliphatic heterocycles. The van der Waals surface area contributed by atoms with Gasteiger partial charge in [-0.3, -0.25) is 9.59 Å². The average molecular weight is 441 g/mol. The van der Waals surface area contributed by atoms with Crippen LogP contribution in [0.15, 0.2) is 30.3 Å². The number of carbonyl (C=O) groups is 2. The van der Waals surface area contributed by atoms with Crippen LogP contribution in [0.4, 0.5) is 11.4 Å². The zero-order valence-corrected chi connectivity index (χ0v) is 19.3. The van der Waals surface area contributed by atoms with Gasteiger partial charge < -0.3 is 24.4 Å². The van der Waals surface area contributed by atoms with Crippen LogP contribution in [0.1, 0.15) is 56.5 Å². The maximum Gasteiger partial charge on any atom is 0.255 e. The summed E-state index contributed by atoms with van der Waals surface area (Å²) in [6, 6.07) is 9.06. The molecule has 1 N–H and O–H groups in total. The minimum absolute atomic E-state index is 0.0867. The molecule has 0 atom stereocenters. The first-order chi connectivity index (χ1) is 15.5. The Morgan fingerprint density at radius 3 is 2.19 bits per heavy atom. The van der Waals surface area contributed by atoms with E-state index in [1.165, 1.54) is 0 Å². The predicted octanol–water partition coefficient (Wildman–Crippen LogP) is 4.82. The third-order valence-electron chi connectivity index (χ3n) is 5.24. The second-order valence-corrected chi connectivity index (χ2v) is 7.40. The molecular formula is C25H32N2O5. The van der Waals surface area contributed by atoms with E-state index >= 15 is 0 Å². The summed E-state index contributed by atoms with van der Waals surface area (Å²) in [5.41, 5.74) is 3.03. The van der Waals surface area contributed by atoms with Crippen LogP contribution in [0.25, 0.3) is 0 Å². The van der Waals surface area contributed by atoms with Gasteiger partial charge in [0.2, 0.25) is 11.7 Å². The molecule has 7 heteroatoms. The maximum absolute atomic E-state index is 13.1. The Bertz CT molecular complexity index is 946. The summed E-state index contributed by atoms with van der Waals surface area (Å²) in [6.45, 7) is 9.51. The number of ether oxygens (including phenoxy) is 3. The second-order valence-electron chi connectivity index (χ2n) is 7.40. The van der Waals surface area contributed by atoms with Gasteiger partial charge in [-0.15, -0.1) is 0 Å². The molecular weight excluding hydrogens is 408 g/mol. The lowest BCUT2D eigenvalue weighted by Gasteiger charge is -2.29. The maximum atomic E-state index is 13.1. The molecule has 32 heavy (non-hydrogen) atoms. The van der Waals surface area contributed by atoms with Gasteiger partial charge >= 0.3 is 0 Å². The van der Waals surface area contributed by atoms with Gasteiger partial charge in [0.1, 0.15) is 0 Å². The van der Waals surface area contributed by atoms with E-state index < -0.39 is 0 Å². The molecule has 2 amide bonds. The van der Waals surface area contributed by atoms with E-state index in [4.69, 9.17) is 14.2 Å². The van der Waals surface area contributed by atoms with Crippen LogP contribution in [0, 0.1) is 0 Å². The molecule has 3 rings (SSSR count). The van der Waals surface area contributed by atoms with Gasteiger partial charge in [0.15, 0.2) is 11.5 Å². The molecule has 0 saturated carbocycles. The number of nitrogens with one attached hydrogen (secondary N) is 1. The molecule has 7 nitrogen and oxygen atoms in total. The van der Waals surface area contributed by atoms with E-state index in [-0.39, 0.29) is 11.8 Å². The first-order valence-corrected chi connectivity index (χ1v) is 11.3. The third-order valence-corrected chi connectivity index (χ3v) is 5.24. The van der Waals surface area contributed by atoms with Crippen molar-refractivity contribution in [2.45, 2.75) is 47.0 Å². The molecule has 1 aliphatic rings. The second kappa shape index (κ2) is 10.9. The van der Waals surface area contributed by atoms with Crippen molar-refractivity contribution in [3.05, 3.63) is 41.5 Å². The number of hydrogen-bond acceptors (Lipinski definition) is 5. The van der Waals surface area contributed by atoms with E-state index in [2.05, 4.69) is 5.32 Å². The Kier molecular flexibility index (Phi) is 7.98. The summed E-state index contributed by atoms with van der Waals surface area (Å²) in [6.07, 6.45) is 2.31. The van der Waals surface area contributed by atoms with Crippen LogP contribution in [0.2, 0.25) is 0 Å². The minimum Gasteiger partial charge on any atom is -0.490 e. The molecule has 0 saturated heterocycles. The average Bonchev–Trinajstić information content (AvgIpc) is 2.80. The number of hydrogen-bond donors (Lipinski definition) is 1. The highest BCUT2D eigenvalue weighted by Crippen LogP contribution is 2.39. The standard InChI is InChI=1S/C25H32N2O5/c1-5-23(28)27-13-9-10-17-11-12-19(16-20(17)27)26-25(29)18-14-21(30-6-2)24(32-8-4)22(15-18)31-7-3/h11-12,14-16H,5-10,13H2,1-4H3,(H,26,29). The number of rotatable bonds is 9. The highest BCUT2D eigenvalue weighted by molar-refractivity contribution is 6.05. The van der Waals surface area contributed by atoms with Crippen molar-refractivity contribution >= 4 is 23.2 Å². The summed E-state index contributed by atoms with van der Waals surface area (Å²) in [4.78, 5) is 27.3. The van der Waals surface area contributed by atoms with E-state index in [1.807, 2.05) is 50.8 Å². The fourth-order valence-corrected chi connectivity index (χ4v) is 3.83. The molecule has 0 fully saturated rings. The smallest absolute Gasteiger partial charge is 0.255 e. The van der Waals surface area contributed by atoms with Crippen LogP contribution in [-0.4, -0.2) is 38.2 Å². The molecule has 1 heterocycles. The Morgan fingerprint density at radius 1 is 0.938 bits per heavy atom. The van der Waals surface area contributed by atoms with Crippen LogP contribution >= 0.6 is 0 Å².